The number of Topliss-reactive ketones (excluding diaryl/α,β-unsaturated/α-hetero) is 6. The van der Waals surface area contributed by atoms with Crippen molar-refractivity contribution in [3.63, 3.8) is 0 Å². The molecule has 8 aliphatic rings. The number of piperidine rings is 2. The van der Waals surface area contributed by atoms with Crippen LogP contribution in [-0.4, -0.2) is 99.1 Å². The number of carboxylic acid groups (broad SMARTS) is 1. The van der Waals surface area contributed by atoms with Crippen LogP contribution in [0.3, 0.4) is 0 Å². The third-order valence-corrected chi connectivity index (χ3v) is 18.8. The Hall–Kier alpha value is -3.61. The number of rotatable bonds is 10. The van der Waals surface area contributed by atoms with Crippen LogP contribution in [0.15, 0.2) is 0 Å². The summed E-state index contributed by atoms with van der Waals surface area (Å²) in [6.45, 7) is 11.7. The van der Waals surface area contributed by atoms with Gasteiger partial charge in [0.1, 0.15) is 0 Å². The summed E-state index contributed by atoms with van der Waals surface area (Å²) in [5.74, 6) is -0.188. The predicted octanol–water partition coefficient (Wildman–Crippen LogP) is 9.46. The van der Waals surface area contributed by atoms with E-state index in [1.54, 1.807) is 4.90 Å². The predicted molar refractivity (Wildman–Crippen MR) is 272 cm³/mol. The molecule has 10 atom stereocenters. The van der Waals surface area contributed by atoms with Gasteiger partial charge in [-0.2, -0.15) is 0 Å². The minimum atomic E-state index is -0.565. The lowest BCUT2D eigenvalue weighted by atomic mass is 9.85. The fourth-order valence-corrected chi connectivity index (χ4v) is 13.4. The largest absolute Gasteiger partial charge is 0.483 e. The number of carbonyl (C=O) groups is 9. The highest BCUT2D eigenvalue weighted by atomic mass is 16.3. The van der Waals surface area contributed by atoms with Crippen LogP contribution < -0.4 is 5.73 Å². The van der Waals surface area contributed by atoms with Gasteiger partial charge in [-0.05, 0) is 84.9 Å². The quantitative estimate of drug-likeness (QED) is 0.156. The molecule has 0 radical (unpaired) electrons. The molecule has 0 aromatic rings. The molecule has 13 nitrogen and oxygen atoms in total. The Morgan fingerprint density at radius 3 is 1.27 bits per heavy atom. The van der Waals surface area contributed by atoms with Gasteiger partial charge in [0.25, 0.3) is 6.47 Å². The minimum Gasteiger partial charge on any atom is -0.483 e. The van der Waals surface area contributed by atoms with Crippen molar-refractivity contribution >= 4 is 53.0 Å². The third kappa shape index (κ3) is 14.8. The van der Waals surface area contributed by atoms with Crippen LogP contribution in [0.1, 0.15) is 214 Å². The molecule has 4 aliphatic heterocycles. The van der Waals surface area contributed by atoms with Gasteiger partial charge >= 0.3 is 0 Å². The molecule has 0 bridgehead atoms. The number of fused-ring (bicyclic) bond motifs is 6. The van der Waals surface area contributed by atoms with E-state index in [1.807, 2.05) is 11.8 Å². The number of carbonyl (C=O) groups excluding carboxylic acids is 8. The van der Waals surface area contributed by atoms with E-state index >= 15 is 0 Å². The fourth-order valence-electron chi connectivity index (χ4n) is 13.4. The first-order chi connectivity index (χ1) is 33.8. The van der Waals surface area contributed by atoms with Crippen molar-refractivity contribution in [1.82, 2.24) is 9.80 Å². The first-order valence-corrected chi connectivity index (χ1v) is 28.5. The summed E-state index contributed by atoms with van der Waals surface area (Å²) < 4.78 is 0. The Labute approximate surface area is 425 Å². The molecule has 13 heteroatoms. The summed E-state index contributed by atoms with van der Waals surface area (Å²) in [7, 11) is 0. The maximum Gasteiger partial charge on any atom is 0.290 e. The second-order valence-corrected chi connectivity index (χ2v) is 24.8. The molecule has 0 aromatic carbocycles. The highest BCUT2D eigenvalue weighted by molar-refractivity contribution is 6.38. The van der Waals surface area contributed by atoms with E-state index in [0.29, 0.717) is 68.9 Å². The normalized spacial score (nSPS) is 33.6. The summed E-state index contributed by atoms with van der Waals surface area (Å²) in [4.78, 5) is 118. The fraction of sp³-hybridized carbons (Fsp3) is 0.845. The topological polar surface area (TPSA) is 206 Å². The van der Waals surface area contributed by atoms with E-state index in [0.717, 1.165) is 109 Å². The van der Waals surface area contributed by atoms with E-state index in [4.69, 9.17) is 15.6 Å². The van der Waals surface area contributed by atoms with E-state index in [1.165, 1.54) is 25.7 Å². The van der Waals surface area contributed by atoms with Gasteiger partial charge in [0.2, 0.25) is 23.4 Å². The van der Waals surface area contributed by atoms with Crippen LogP contribution in [0.2, 0.25) is 0 Å². The van der Waals surface area contributed by atoms with Crippen molar-refractivity contribution in [1.29, 1.82) is 0 Å². The van der Waals surface area contributed by atoms with E-state index < -0.39 is 30.0 Å². The van der Waals surface area contributed by atoms with Crippen molar-refractivity contribution in [2.45, 2.75) is 233 Å². The monoisotopic (exact) mass is 990 g/mol. The standard InChI is InChI=1S/C29H45NO4.C28H44N2O4.CH2O2/c1-19-11-9-7-5-4-6-8-10-12-21(27(33)23(31)16-15-20-13-14-20)17-24(32)26-25-22(29(25,2)3)18-30(26)28(19)34;1-28(2)20-17-30-25(24(20)28)23(32)16-19(26(33)22(31)15-14-18-12-13-18)10-8-6-4-3-5-7-9-11-21(29)27(30)34;2-1-3/h19-22,25-26H,4-18H2,1-3H3;18-21,24-25H,3-17,29H2,1-2H3;1H,(H,2,3)/t19-,21+,22-,25-,26+;19-,20+,21+,24+,25-;/m01./s1. The summed E-state index contributed by atoms with van der Waals surface area (Å²) in [6.07, 6.45) is 24.8. The molecule has 0 spiro atoms. The molecule has 2 amide bonds. The lowest BCUT2D eigenvalue weighted by Gasteiger charge is -2.32. The summed E-state index contributed by atoms with van der Waals surface area (Å²) in [5.41, 5.74) is 6.39. The molecular weight excluding hydrogens is 899 g/mol. The van der Waals surface area contributed by atoms with Gasteiger partial charge in [0, 0.05) is 56.5 Å². The molecule has 4 heterocycles. The van der Waals surface area contributed by atoms with Gasteiger partial charge in [-0.25, -0.2) is 0 Å². The van der Waals surface area contributed by atoms with Gasteiger partial charge in [-0.15, -0.1) is 0 Å². The van der Waals surface area contributed by atoms with Crippen LogP contribution in [-0.2, 0) is 43.2 Å². The second kappa shape index (κ2) is 25.6. The summed E-state index contributed by atoms with van der Waals surface area (Å²) in [5, 5.41) is 6.89. The maximum atomic E-state index is 13.7. The smallest absolute Gasteiger partial charge is 0.290 e. The number of nitrogens with zero attached hydrogens (tertiary/aromatic N) is 2. The van der Waals surface area contributed by atoms with Gasteiger partial charge in [0.05, 0.1) is 18.1 Å². The first-order valence-electron chi connectivity index (χ1n) is 28.5. The Kier molecular flexibility index (Phi) is 20.4. The SMILES string of the molecule is CC1(C)[C@@H]2[C@H]3C(=O)C[C@H](C(=O)C(=O)CCC4CC4)CCCCCCCCC[C@H](N)C(=O)N3C[C@@H]21.C[C@H]1CCCCCCCCC[C@@H](C(=O)C(=O)CCC2CC2)CC(=O)[C@@H]2[C@@H]3[C@H](CN2C1=O)C3(C)C.O=CO. The highest BCUT2D eigenvalue weighted by Gasteiger charge is 2.70. The lowest BCUT2D eigenvalue weighted by molar-refractivity contribution is -0.144. The number of amides is 2. The van der Waals surface area contributed by atoms with Gasteiger partial charge in [-0.3, -0.25) is 43.2 Å². The molecule has 71 heavy (non-hydrogen) atoms. The van der Waals surface area contributed by atoms with Crippen molar-refractivity contribution in [2.75, 3.05) is 13.1 Å². The number of hydrogen-bond acceptors (Lipinski definition) is 10. The van der Waals surface area contributed by atoms with Crippen LogP contribution in [0.5, 0.6) is 0 Å². The Morgan fingerprint density at radius 2 is 0.887 bits per heavy atom. The third-order valence-electron chi connectivity index (χ3n) is 18.8. The Morgan fingerprint density at radius 1 is 0.549 bits per heavy atom. The van der Waals surface area contributed by atoms with Crippen molar-refractivity contribution < 1.29 is 48.3 Å². The van der Waals surface area contributed by atoms with Crippen LogP contribution in [0.4, 0.5) is 0 Å². The molecule has 3 N–H and O–H groups in total. The maximum absolute atomic E-state index is 13.7. The molecule has 4 saturated heterocycles. The van der Waals surface area contributed by atoms with Crippen molar-refractivity contribution in [3.05, 3.63) is 0 Å². The lowest BCUT2D eigenvalue weighted by Crippen LogP contribution is -2.52. The van der Waals surface area contributed by atoms with E-state index in [9.17, 15) is 38.4 Å². The Bertz CT molecular complexity index is 1790. The Balaban J connectivity index is 0.000000220. The number of nitrogens with two attached hydrogens (primary N) is 1. The number of ketones is 6. The van der Waals surface area contributed by atoms with Crippen molar-refractivity contribution in [3.8, 4) is 0 Å². The molecule has 8 fully saturated rings. The molecule has 4 saturated carbocycles. The second-order valence-electron chi connectivity index (χ2n) is 24.8. The van der Waals surface area contributed by atoms with Crippen LogP contribution in [0.25, 0.3) is 0 Å². The van der Waals surface area contributed by atoms with E-state index in [-0.39, 0.29) is 94.4 Å². The molecule has 398 valence electrons. The van der Waals surface area contributed by atoms with Crippen LogP contribution >= 0.6 is 0 Å². The zero-order chi connectivity index (χ0) is 51.6. The molecule has 0 unspecified atom stereocenters. The van der Waals surface area contributed by atoms with E-state index in [2.05, 4.69) is 27.7 Å². The number of hydrogen-bond donors (Lipinski definition) is 2. The molecule has 0 aromatic heterocycles. The van der Waals surface area contributed by atoms with Gasteiger partial charge in [-0.1, -0.05) is 150 Å². The molecule has 4 aliphatic carbocycles. The summed E-state index contributed by atoms with van der Waals surface area (Å²) >= 11 is 0. The van der Waals surface area contributed by atoms with Gasteiger partial charge in [0.15, 0.2) is 23.1 Å². The first kappa shape index (κ1) is 56.7. The minimum absolute atomic E-state index is 0.0130. The average molecular weight is 990 g/mol. The zero-order valence-electron chi connectivity index (χ0n) is 44.3. The van der Waals surface area contributed by atoms with Crippen molar-refractivity contribution in [2.24, 2.45) is 69.8 Å². The molecular formula is C58H91N3O10. The average Bonchev–Trinajstić information content (AvgIpc) is 4.31. The zero-order valence-corrected chi connectivity index (χ0v) is 44.3. The van der Waals surface area contributed by atoms with Gasteiger partial charge < -0.3 is 20.6 Å². The highest BCUT2D eigenvalue weighted by Crippen LogP contribution is 2.66. The van der Waals surface area contributed by atoms with Crippen LogP contribution in [0, 0.1) is 64.1 Å². The summed E-state index contributed by atoms with van der Waals surface area (Å²) in [6, 6.07) is -1.48. The molecule has 8 rings (SSSR count).